The molecule has 3 nitrogen and oxygen atoms in total. The van der Waals surface area contributed by atoms with Gasteiger partial charge in [0.25, 0.3) is 0 Å². The van der Waals surface area contributed by atoms with E-state index in [0.717, 1.165) is 23.5 Å². The van der Waals surface area contributed by atoms with Crippen molar-refractivity contribution in [1.82, 2.24) is 9.47 Å². The van der Waals surface area contributed by atoms with Gasteiger partial charge >= 0.3 is 0 Å². The minimum absolute atomic E-state index is 0. The SMILES string of the molecule is CN(C)CCC(N)n1c2ccccc2c2cc(Cl)ccc21.Cl.Cl. The summed E-state index contributed by atoms with van der Waals surface area (Å²) >= 11 is 6.16. The third-order valence-corrected chi connectivity index (χ3v) is 4.11. The summed E-state index contributed by atoms with van der Waals surface area (Å²) in [6, 6.07) is 14.4. The molecule has 1 atom stereocenters. The maximum atomic E-state index is 6.46. The molecule has 2 aromatic carbocycles. The number of hydrogen-bond donors (Lipinski definition) is 1. The largest absolute Gasteiger partial charge is 0.324 e. The predicted molar refractivity (Wildman–Crippen MR) is 105 cm³/mol. The molecular formula is C17H22Cl3N3. The molecule has 0 aliphatic rings. The summed E-state index contributed by atoms with van der Waals surface area (Å²) < 4.78 is 2.23. The summed E-state index contributed by atoms with van der Waals surface area (Å²) in [7, 11) is 4.14. The lowest BCUT2D eigenvalue weighted by atomic mass is 10.2. The van der Waals surface area contributed by atoms with E-state index in [0.29, 0.717) is 0 Å². The molecule has 3 rings (SSSR count). The van der Waals surface area contributed by atoms with Crippen LogP contribution in [-0.2, 0) is 0 Å². The van der Waals surface area contributed by atoms with Crippen molar-refractivity contribution >= 4 is 58.2 Å². The number of benzene rings is 2. The first-order chi connectivity index (χ1) is 10.1. The van der Waals surface area contributed by atoms with Gasteiger partial charge < -0.3 is 15.2 Å². The Labute approximate surface area is 154 Å². The lowest BCUT2D eigenvalue weighted by Gasteiger charge is -2.19. The van der Waals surface area contributed by atoms with Gasteiger partial charge in [0.2, 0.25) is 0 Å². The summed E-state index contributed by atoms with van der Waals surface area (Å²) in [6.07, 6.45) is 0.861. The molecule has 6 heteroatoms. The van der Waals surface area contributed by atoms with E-state index in [4.69, 9.17) is 17.3 Å². The van der Waals surface area contributed by atoms with Crippen molar-refractivity contribution in [3.63, 3.8) is 0 Å². The molecular weight excluding hydrogens is 353 g/mol. The average molecular weight is 375 g/mol. The Bertz CT molecular complexity index is 783. The maximum absolute atomic E-state index is 6.46. The summed E-state index contributed by atoms with van der Waals surface area (Å²) in [6.45, 7) is 0.961. The lowest BCUT2D eigenvalue weighted by molar-refractivity contribution is 0.357. The second-order valence-electron chi connectivity index (χ2n) is 5.71. The fourth-order valence-electron chi connectivity index (χ4n) is 2.85. The first-order valence-electron chi connectivity index (χ1n) is 7.16. The topological polar surface area (TPSA) is 34.2 Å². The summed E-state index contributed by atoms with van der Waals surface area (Å²) in [4.78, 5) is 2.16. The van der Waals surface area contributed by atoms with E-state index >= 15 is 0 Å². The molecule has 1 unspecified atom stereocenters. The van der Waals surface area contributed by atoms with Gasteiger partial charge in [0.15, 0.2) is 0 Å². The first-order valence-corrected chi connectivity index (χ1v) is 7.54. The Morgan fingerprint density at radius 2 is 1.70 bits per heavy atom. The third-order valence-electron chi connectivity index (χ3n) is 3.88. The second kappa shape index (κ2) is 8.22. The molecule has 126 valence electrons. The number of hydrogen-bond acceptors (Lipinski definition) is 2. The van der Waals surface area contributed by atoms with E-state index in [1.165, 1.54) is 16.3 Å². The molecule has 0 bridgehead atoms. The number of aromatic nitrogens is 1. The number of para-hydroxylation sites is 1. The van der Waals surface area contributed by atoms with Crippen LogP contribution in [-0.4, -0.2) is 30.1 Å². The van der Waals surface area contributed by atoms with Gasteiger partial charge in [-0.3, -0.25) is 0 Å². The van der Waals surface area contributed by atoms with Crippen LogP contribution in [0.4, 0.5) is 0 Å². The molecule has 2 N–H and O–H groups in total. The highest BCUT2D eigenvalue weighted by Gasteiger charge is 2.15. The van der Waals surface area contributed by atoms with E-state index in [1.54, 1.807) is 0 Å². The van der Waals surface area contributed by atoms with Crippen molar-refractivity contribution in [3.8, 4) is 0 Å². The van der Waals surface area contributed by atoms with Crippen molar-refractivity contribution in [2.24, 2.45) is 5.73 Å². The van der Waals surface area contributed by atoms with Gasteiger partial charge in [0.1, 0.15) is 0 Å². The van der Waals surface area contributed by atoms with E-state index in [9.17, 15) is 0 Å². The third kappa shape index (κ3) is 3.93. The van der Waals surface area contributed by atoms with Crippen molar-refractivity contribution in [1.29, 1.82) is 0 Å². The van der Waals surface area contributed by atoms with Gasteiger partial charge in [-0.25, -0.2) is 0 Å². The molecule has 0 radical (unpaired) electrons. The van der Waals surface area contributed by atoms with Gasteiger partial charge in [-0.15, -0.1) is 24.8 Å². The number of nitrogens with zero attached hydrogens (tertiary/aromatic N) is 2. The van der Waals surface area contributed by atoms with Crippen LogP contribution in [0.15, 0.2) is 42.5 Å². The normalized spacial score (nSPS) is 12.2. The molecule has 0 amide bonds. The van der Waals surface area contributed by atoms with Crippen LogP contribution in [0.25, 0.3) is 21.8 Å². The van der Waals surface area contributed by atoms with Gasteiger partial charge in [0.05, 0.1) is 17.2 Å². The van der Waals surface area contributed by atoms with Gasteiger partial charge in [0, 0.05) is 22.3 Å². The molecule has 1 heterocycles. The van der Waals surface area contributed by atoms with Gasteiger partial charge in [-0.1, -0.05) is 29.8 Å². The zero-order chi connectivity index (χ0) is 15.0. The summed E-state index contributed by atoms with van der Waals surface area (Å²) in [5.74, 6) is 0. The van der Waals surface area contributed by atoms with Crippen molar-refractivity contribution in [3.05, 3.63) is 47.5 Å². The van der Waals surface area contributed by atoms with Crippen LogP contribution < -0.4 is 5.73 Å². The van der Waals surface area contributed by atoms with E-state index in [-0.39, 0.29) is 31.0 Å². The smallest absolute Gasteiger partial charge is 0.0833 e. The van der Waals surface area contributed by atoms with Crippen LogP contribution in [0.2, 0.25) is 5.02 Å². The van der Waals surface area contributed by atoms with Crippen LogP contribution in [0, 0.1) is 0 Å². The quantitative estimate of drug-likeness (QED) is 0.718. The average Bonchev–Trinajstić information content (AvgIpc) is 2.79. The van der Waals surface area contributed by atoms with Crippen LogP contribution in [0.5, 0.6) is 0 Å². The Morgan fingerprint density at radius 1 is 1.04 bits per heavy atom. The van der Waals surface area contributed by atoms with E-state index < -0.39 is 0 Å². The monoisotopic (exact) mass is 373 g/mol. The minimum Gasteiger partial charge on any atom is -0.324 e. The molecule has 0 aliphatic heterocycles. The highest BCUT2D eigenvalue weighted by atomic mass is 35.5. The zero-order valence-corrected chi connectivity index (χ0v) is 15.6. The Balaban J connectivity index is 0.00000132. The zero-order valence-electron chi connectivity index (χ0n) is 13.2. The highest BCUT2D eigenvalue weighted by molar-refractivity contribution is 6.31. The molecule has 23 heavy (non-hydrogen) atoms. The number of nitrogens with two attached hydrogens (primary N) is 1. The fourth-order valence-corrected chi connectivity index (χ4v) is 3.02. The molecule has 0 saturated carbocycles. The highest BCUT2D eigenvalue weighted by Crippen LogP contribution is 2.33. The summed E-state index contributed by atoms with van der Waals surface area (Å²) in [5.41, 5.74) is 8.77. The van der Waals surface area contributed by atoms with Crippen molar-refractivity contribution in [2.75, 3.05) is 20.6 Å². The Kier molecular flexibility index (Phi) is 7.18. The molecule has 0 aliphatic carbocycles. The molecule has 0 fully saturated rings. The van der Waals surface area contributed by atoms with Gasteiger partial charge in [-0.2, -0.15) is 0 Å². The lowest BCUT2D eigenvalue weighted by Crippen LogP contribution is -2.24. The number of rotatable bonds is 4. The minimum atomic E-state index is -0.0454. The number of halogens is 3. The van der Waals surface area contributed by atoms with E-state index in [1.807, 2.05) is 12.1 Å². The predicted octanol–water partition coefficient (Wildman–Crippen LogP) is 4.70. The fraction of sp³-hybridized carbons (Fsp3) is 0.294. The van der Waals surface area contributed by atoms with Crippen molar-refractivity contribution < 1.29 is 0 Å². The second-order valence-corrected chi connectivity index (χ2v) is 6.14. The van der Waals surface area contributed by atoms with Crippen LogP contribution in [0.1, 0.15) is 12.6 Å². The van der Waals surface area contributed by atoms with Crippen molar-refractivity contribution in [2.45, 2.75) is 12.6 Å². The first kappa shape index (κ1) is 20.1. The Hall–Kier alpha value is -0.970. The van der Waals surface area contributed by atoms with Crippen LogP contribution in [0.3, 0.4) is 0 Å². The molecule has 0 spiro atoms. The van der Waals surface area contributed by atoms with Crippen LogP contribution >= 0.6 is 36.4 Å². The molecule has 0 saturated heterocycles. The maximum Gasteiger partial charge on any atom is 0.0833 e. The number of fused-ring (bicyclic) bond motifs is 3. The summed E-state index contributed by atoms with van der Waals surface area (Å²) in [5, 5.41) is 3.13. The standard InChI is InChI=1S/C17H20ClN3.2ClH/c1-20(2)10-9-17(19)21-15-6-4-3-5-13(15)14-11-12(18)7-8-16(14)21;;/h3-8,11,17H,9-10,19H2,1-2H3;2*1H. The Morgan fingerprint density at radius 3 is 2.39 bits per heavy atom. The van der Waals surface area contributed by atoms with E-state index in [2.05, 4.69) is 53.9 Å². The molecule has 3 aromatic rings. The molecule has 1 aromatic heterocycles. The van der Waals surface area contributed by atoms with Gasteiger partial charge in [-0.05, 0) is 44.8 Å².